The summed E-state index contributed by atoms with van der Waals surface area (Å²) in [5.74, 6) is 0.294. The van der Waals surface area contributed by atoms with E-state index in [-0.39, 0.29) is 23.5 Å². The second-order valence-corrected chi connectivity index (χ2v) is 4.58. The highest BCUT2D eigenvalue weighted by Crippen LogP contribution is 2.18. The van der Waals surface area contributed by atoms with Gasteiger partial charge < -0.3 is 15.8 Å². The van der Waals surface area contributed by atoms with Crippen LogP contribution in [0.3, 0.4) is 0 Å². The lowest BCUT2D eigenvalue weighted by atomic mass is 10.2. The summed E-state index contributed by atoms with van der Waals surface area (Å²) in [7, 11) is 0. The van der Waals surface area contributed by atoms with Crippen molar-refractivity contribution in [2.45, 2.75) is 12.7 Å². The Morgan fingerprint density at radius 1 is 1.27 bits per heavy atom. The topological polar surface area (TPSA) is 86.0 Å². The van der Waals surface area contributed by atoms with Crippen LogP contribution in [0.15, 0.2) is 24.4 Å². The summed E-state index contributed by atoms with van der Waals surface area (Å²) < 4.78 is 40.8. The van der Waals surface area contributed by atoms with E-state index in [1.165, 1.54) is 18.3 Å². The fraction of sp³-hybridized carbons (Fsp3) is 0.250. The van der Waals surface area contributed by atoms with Gasteiger partial charge in [-0.2, -0.15) is 18.2 Å². The molecule has 22 heavy (non-hydrogen) atoms. The molecule has 0 radical (unpaired) electrons. The Labute approximate surface area is 128 Å². The molecule has 2 aromatic heterocycles. The van der Waals surface area contributed by atoms with Gasteiger partial charge >= 0.3 is 6.18 Å². The second-order valence-electron chi connectivity index (χ2n) is 4.19. The maximum absolute atomic E-state index is 12.1. The first-order valence-electron chi connectivity index (χ1n) is 6.00. The molecule has 0 saturated heterocycles. The van der Waals surface area contributed by atoms with Crippen LogP contribution in [0.5, 0.6) is 5.88 Å². The van der Waals surface area contributed by atoms with Crippen molar-refractivity contribution in [1.82, 2.24) is 15.0 Å². The molecule has 0 unspecified atom stereocenters. The fourth-order valence-electron chi connectivity index (χ4n) is 1.51. The van der Waals surface area contributed by atoms with E-state index in [1.807, 2.05) is 0 Å². The van der Waals surface area contributed by atoms with E-state index >= 15 is 0 Å². The predicted octanol–water partition coefficient (Wildman–Crippen LogP) is 2.66. The molecule has 2 heterocycles. The van der Waals surface area contributed by atoms with Gasteiger partial charge in [-0.15, -0.1) is 0 Å². The number of nitrogens with zero attached hydrogens (tertiary/aromatic N) is 3. The van der Waals surface area contributed by atoms with Crippen molar-refractivity contribution in [3.8, 4) is 5.88 Å². The molecular formula is C12H11ClF3N5O. The molecule has 0 saturated carbocycles. The molecule has 10 heteroatoms. The van der Waals surface area contributed by atoms with Crippen LogP contribution in [0.1, 0.15) is 5.56 Å². The van der Waals surface area contributed by atoms with E-state index in [9.17, 15) is 13.2 Å². The van der Waals surface area contributed by atoms with Crippen LogP contribution in [-0.2, 0) is 6.54 Å². The molecule has 6 nitrogen and oxygen atoms in total. The molecule has 0 bridgehead atoms. The Hall–Kier alpha value is -2.29. The normalized spacial score (nSPS) is 11.3. The number of aromatic nitrogens is 3. The molecule has 2 aromatic rings. The van der Waals surface area contributed by atoms with Crippen molar-refractivity contribution in [2.24, 2.45) is 0 Å². The van der Waals surface area contributed by atoms with Crippen molar-refractivity contribution >= 4 is 23.4 Å². The molecule has 118 valence electrons. The third kappa shape index (κ3) is 5.24. The summed E-state index contributed by atoms with van der Waals surface area (Å²) in [5.41, 5.74) is 6.10. The van der Waals surface area contributed by atoms with Crippen LogP contribution >= 0.6 is 11.6 Å². The van der Waals surface area contributed by atoms with Gasteiger partial charge in [0.1, 0.15) is 11.0 Å². The van der Waals surface area contributed by atoms with Gasteiger partial charge in [-0.1, -0.05) is 11.6 Å². The van der Waals surface area contributed by atoms with Crippen molar-refractivity contribution in [3.63, 3.8) is 0 Å². The third-order valence-corrected chi connectivity index (χ3v) is 2.56. The largest absolute Gasteiger partial charge is 0.468 e. The summed E-state index contributed by atoms with van der Waals surface area (Å²) in [6.07, 6.45) is -3.06. The Kier molecular flexibility index (Phi) is 4.86. The van der Waals surface area contributed by atoms with Gasteiger partial charge in [0.2, 0.25) is 11.8 Å². The Bertz CT molecular complexity index is 633. The average Bonchev–Trinajstić information content (AvgIpc) is 2.42. The number of halogens is 4. The van der Waals surface area contributed by atoms with Crippen molar-refractivity contribution in [2.75, 3.05) is 17.7 Å². The van der Waals surface area contributed by atoms with E-state index in [0.717, 1.165) is 0 Å². The Morgan fingerprint density at radius 3 is 2.73 bits per heavy atom. The van der Waals surface area contributed by atoms with Crippen LogP contribution in [0.25, 0.3) is 0 Å². The summed E-state index contributed by atoms with van der Waals surface area (Å²) in [4.78, 5) is 11.3. The predicted molar refractivity (Wildman–Crippen MR) is 74.6 cm³/mol. The van der Waals surface area contributed by atoms with Gasteiger partial charge in [0.05, 0.1) is 0 Å². The quantitative estimate of drug-likeness (QED) is 0.818. The number of hydrogen-bond acceptors (Lipinski definition) is 6. The van der Waals surface area contributed by atoms with Crippen LogP contribution < -0.4 is 15.8 Å². The number of rotatable bonds is 5. The maximum atomic E-state index is 12.1. The number of ether oxygens (including phenoxy) is 1. The lowest BCUT2D eigenvalue weighted by Crippen LogP contribution is -2.19. The number of hydrogen-bond donors (Lipinski definition) is 2. The third-order valence-electron chi connectivity index (χ3n) is 2.37. The minimum Gasteiger partial charge on any atom is -0.468 e. The molecule has 0 fully saturated rings. The van der Waals surface area contributed by atoms with Crippen LogP contribution in [0.4, 0.5) is 24.9 Å². The number of alkyl halides is 3. The molecule has 0 aromatic carbocycles. The zero-order chi connectivity index (χ0) is 16.2. The Morgan fingerprint density at radius 2 is 2.05 bits per heavy atom. The van der Waals surface area contributed by atoms with Gasteiger partial charge in [0.25, 0.3) is 0 Å². The Balaban J connectivity index is 1.98. The van der Waals surface area contributed by atoms with E-state index in [0.29, 0.717) is 11.4 Å². The molecule has 0 amide bonds. The lowest BCUT2D eigenvalue weighted by Gasteiger charge is -2.10. The van der Waals surface area contributed by atoms with E-state index in [2.05, 4.69) is 25.0 Å². The second kappa shape index (κ2) is 6.65. The minimum atomic E-state index is -4.41. The van der Waals surface area contributed by atoms with Crippen molar-refractivity contribution in [1.29, 1.82) is 0 Å². The van der Waals surface area contributed by atoms with Gasteiger partial charge in [-0.05, 0) is 11.6 Å². The van der Waals surface area contributed by atoms with E-state index < -0.39 is 12.8 Å². The smallest absolute Gasteiger partial charge is 0.422 e. The highest BCUT2D eigenvalue weighted by Gasteiger charge is 2.28. The molecule has 0 spiro atoms. The maximum Gasteiger partial charge on any atom is 0.422 e. The van der Waals surface area contributed by atoms with Gasteiger partial charge in [0, 0.05) is 24.9 Å². The van der Waals surface area contributed by atoms with Gasteiger partial charge in [-0.25, -0.2) is 9.97 Å². The highest BCUT2D eigenvalue weighted by molar-refractivity contribution is 6.29. The monoisotopic (exact) mass is 333 g/mol. The SMILES string of the molecule is Nc1nc(Cl)cc(NCc2ccnc(OCC(F)(F)F)c2)n1. The summed E-state index contributed by atoms with van der Waals surface area (Å²) in [6, 6.07) is 4.49. The standard InChI is InChI=1S/C12H11ClF3N5O/c13-8-4-9(21-11(17)20-8)19-5-7-1-2-18-10(3-7)22-6-12(14,15)16/h1-4H,5-6H2,(H3,17,19,20,21). The molecule has 0 aliphatic carbocycles. The number of anilines is 2. The minimum absolute atomic E-state index is 0.0129. The van der Waals surface area contributed by atoms with Gasteiger partial charge in [-0.3, -0.25) is 0 Å². The zero-order valence-electron chi connectivity index (χ0n) is 11.1. The first kappa shape index (κ1) is 16.1. The number of nitrogens with one attached hydrogen (secondary N) is 1. The highest BCUT2D eigenvalue weighted by atomic mass is 35.5. The summed E-state index contributed by atoms with van der Waals surface area (Å²) in [6.45, 7) is -1.12. The molecule has 2 rings (SSSR count). The molecule has 3 N–H and O–H groups in total. The first-order chi connectivity index (χ1) is 10.3. The summed E-state index contributed by atoms with van der Waals surface area (Å²) >= 11 is 5.73. The van der Waals surface area contributed by atoms with Crippen molar-refractivity contribution in [3.05, 3.63) is 35.1 Å². The van der Waals surface area contributed by atoms with Crippen LogP contribution in [0, 0.1) is 0 Å². The van der Waals surface area contributed by atoms with Crippen molar-refractivity contribution < 1.29 is 17.9 Å². The number of nitrogen functional groups attached to an aromatic ring is 1. The molecule has 0 aliphatic rings. The van der Waals surface area contributed by atoms with E-state index in [4.69, 9.17) is 17.3 Å². The van der Waals surface area contributed by atoms with E-state index in [1.54, 1.807) is 6.07 Å². The van der Waals surface area contributed by atoms with Crippen LogP contribution in [-0.4, -0.2) is 27.7 Å². The van der Waals surface area contributed by atoms with Crippen LogP contribution in [0.2, 0.25) is 5.15 Å². The number of nitrogens with two attached hydrogens (primary N) is 1. The molecule has 0 aliphatic heterocycles. The first-order valence-corrected chi connectivity index (χ1v) is 6.38. The molecule has 0 atom stereocenters. The molecular weight excluding hydrogens is 323 g/mol. The zero-order valence-corrected chi connectivity index (χ0v) is 11.8. The number of pyridine rings is 1. The van der Waals surface area contributed by atoms with Gasteiger partial charge in [0.15, 0.2) is 6.61 Å². The fourth-order valence-corrected chi connectivity index (χ4v) is 1.70. The average molecular weight is 334 g/mol. The summed E-state index contributed by atoms with van der Waals surface area (Å²) in [5, 5.41) is 3.10. The lowest BCUT2D eigenvalue weighted by molar-refractivity contribution is -0.154.